The van der Waals surface area contributed by atoms with Crippen molar-refractivity contribution in [2.75, 3.05) is 34.0 Å². The molecule has 0 aliphatic carbocycles. The van der Waals surface area contributed by atoms with Crippen molar-refractivity contribution in [1.29, 1.82) is 0 Å². The van der Waals surface area contributed by atoms with E-state index < -0.39 is 37.7 Å². The van der Waals surface area contributed by atoms with Gasteiger partial charge >= 0.3 is 5.97 Å². The molecule has 442 valence electrons. The second-order valence-corrected chi connectivity index (χ2v) is 30.6. The molecule has 0 bridgehead atoms. The third kappa shape index (κ3) is 14.6. The number of hydrogen-bond donors (Lipinski definition) is 0. The van der Waals surface area contributed by atoms with Crippen molar-refractivity contribution in [2.24, 2.45) is 0 Å². The average molecular weight is 1280 g/mol. The summed E-state index contributed by atoms with van der Waals surface area (Å²) in [7, 11) is 0.972. The fourth-order valence-electron chi connectivity index (χ4n) is 9.44. The number of aromatic nitrogens is 2. The maximum atomic E-state index is 14.6. The van der Waals surface area contributed by atoms with Crippen molar-refractivity contribution >= 4 is 75.0 Å². The van der Waals surface area contributed by atoms with Crippen LogP contribution in [0, 0.1) is 13.8 Å². The van der Waals surface area contributed by atoms with Gasteiger partial charge in [0.15, 0.2) is 5.75 Å². The highest BCUT2D eigenvalue weighted by atomic mass is 79.9. The van der Waals surface area contributed by atoms with E-state index in [-0.39, 0.29) is 53.0 Å². The molecule has 2 heterocycles. The van der Waals surface area contributed by atoms with Gasteiger partial charge in [-0.15, -0.1) is 17.9 Å². The number of fused-ring (bicyclic) bond motifs is 1. The van der Waals surface area contributed by atoms with Gasteiger partial charge in [-0.1, -0.05) is 135 Å². The Balaban J connectivity index is 1.19. The molecular formula is C67H73BrCl2N2O10SSi. The minimum absolute atomic E-state index is 0.00274. The van der Waals surface area contributed by atoms with E-state index in [1.807, 2.05) is 162 Å². The monoisotopic (exact) mass is 1270 g/mol. The number of methoxy groups -OCH3 is 2. The molecule has 17 heteroatoms. The Morgan fingerprint density at radius 2 is 1.31 bits per heavy atom. The molecule has 0 aliphatic heterocycles. The maximum absolute atomic E-state index is 14.6. The topological polar surface area (TPSA) is 126 Å². The van der Waals surface area contributed by atoms with Gasteiger partial charge in [0.05, 0.1) is 53.3 Å². The molecular weight excluding hydrogens is 1200 g/mol. The number of carbonyl (C=O) groups is 1. The number of hydrogen-bond acceptors (Lipinski definition) is 13. The fourth-order valence-corrected chi connectivity index (χ4v) is 12.7. The summed E-state index contributed by atoms with van der Waals surface area (Å²) in [6.07, 6.45) is 1.14. The number of esters is 1. The van der Waals surface area contributed by atoms with Gasteiger partial charge in [0.2, 0.25) is 20.3 Å². The summed E-state index contributed by atoms with van der Waals surface area (Å²) in [6.45, 7) is 24.7. The molecule has 8 rings (SSSR count). The number of halogens is 3. The largest absolute Gasteiger partial charge is 0.543 e. The van der Waals surface area contributed by atoms with E-state index in [0.29, 0.717) is 71.4 Å². The van der Waals surface area contributed by atoms with Crippen molar-refractivity contribution in [3.8, 4) is 45.8 Å². The quantitative estimate of drug-likeness (QED) is 0.0178. The molecule has 8 aromatic rings. The van der Waals surface area contributed by atoms with Crippen LogP contribution in [-0.2, 0) is 37.6 Å². The number of benzene rings is 6. The molecule has 84 heavy (non-hydrogen) atoms. The smallest absolute Gasteiger partial charge is 0.348 e. The van der Waals surface area contributed by atoms with Crippen LogP contribution in [0.4, 0.5) is 0 Å². The van der Waals surface area contributed by atoms with Crippen LogP contribution >= 0.6 is 50.5 Å². The summed E-state index contributed by atoms with van der Waals surface area (Å²) in [5, 5.41) is 0.972. The van der Waals surface area contributed by atoms with Gasteiger partial charge in [-0.2, -0.15) is 0 Å². The Kier molecular flexibility index (Phi) is 20.7. The molecule has 0 amide bonds. The lowest BCUT2D eigenvalue weighted by molar-refractivity contribution is -0.163. The molecule has 0 aliphatic rings. The minimum Gasteiger partial charge on any atom is -0.543 e. The maximum Gasteiger partial charge on any atom is 0.348 e. The summed E-state index contributed by atoms with van der Waals surface area (Å²) in [4.78, 5) is 24.7. The minimum atomic E-state index is -2.30. The van der Waals surface area contributed by atoms with Gasteiger partial charge in [-0.05, 0) is 150 Å². The molecule has 0 fully saturated rings. The van der Waals surface area contributed by atoms with Gasteiger partial charge in [-0.3, -0.25) is 0 Å². The van der Waals surface area contributed by atoms with Crippen molar-refractivity contribution in [3.05, 3.63) is 199 Å². The average Bonchev–Trinajstić information content (AvgIpc) is 1.55. The lowest BCUT2D eigenvalue weighted by Crippen LogP contribution is -2.43. The van der Waals surface area contributed by atoms with Gasteiger partial charge < -0.3 is 42.3 Å². The molecule has 0 saturated heterocycles. The summed E-state index contributed by atoms with van der Waals surface area (Å²) < 4.78 is 58.6. The molecule has 0 spiro atoms. The highest BCUT2D eigenvalue weighted by molar-refractivity contribution is 9.11. The van der Waals surface area contributed by atoms with Crippen LogP contribution in [0.15, 0.2) is 150 Å². The van der Waals surface area contributed by atoms with E-state index in [0.717, 1.165) is 22.3 Å². The molecule has 2 aromatic heterocycles. The van der Waals surface area contributed by atoms with Crippen LogP contribution < -0.4 is 28.1 Å². The molecule has 6 aromatic carbocycles. The van der Waals surface area contributed by atoms with Gasteiger partial charge in [0, 0.05) is 17.5 Å². The highest BCUT2D eigenvalue weighted by Gasteiger charge is 2.41. The Hall–Kier alpha value is -6.43. The Morgan fingerprint density at radius 1 is 0.738 bits per heavy atom. The fraction of sp³-hybridized carbons (Fsp3) is 0.328. The van der Waals surface area contributed by atoms with E-state index in [1.165, 1.54) is 17.7 Å². The van der Waals surface area contributed by atoms with Crippen molar-refractivity contribution in [2.45, 2.75) is 110 Å². The zero-order chi connectivity index (χ0) is 60.6. The van der Waals surface area contributed by atoms with Crippen LogP contribution in [0.5, 0.6) is 34.6 Å². The molecule has 0 N–H and O–H groups in total. The molecule has 2 atom stereocenters. The van der Waals surface area contributed by atoms with E-state index in [9.17, 15) is 4.79 Å². The van der Waals surface area contributed by atoms with E-state index in [4.69, 9.17) is 75.5 Å². The van der Waals surface area contributed by atoms with Crippen LogP contribution in [0.3, 0.4) is 0 Å². The molecule has 0 saturated carbocycles. The summed E-state index contributed by atoms with van der Waals surface area (Å²) in [6, 6.07) is 41.3. The van der Waals surface area contributed by atoms with Gasteiger partial charge in [0.25, 0.3) is 0 Å². The van der Waals surface area contributed by atoms with E-state index in [2.05, 4.69) is 56.4 Å². The Bertz CT molecular complexity index is 3480. The van der Waals surface area contributed by atoms with Gasteiger partial charge in [-0.25, -0.2) is 14.8 Å². The predicted molar refractivity (Wildman–Crippen MR) is 343 cm³/mol. The highest BCUT2D eigenvalue weighted by Crippen LogP contribution is 2.52. The first-order valence-corrected chi connectivity index (χ1v) is 32.9. The summed E-state index contributed by atoms with van der Waals surface area (Å²) in [5.74, 6) is 2.41. The lowest BCUT2D eigenvalue weighted by Gasteiger charge is -2.37. The first-order valence-electron chi connectivity index (χ1n) is 27.6. The van der Waals surface area contributed by atoms with Crippen molar-refractivity contribution in [1.82, 2.24) is 9.97 Å². The van der Waals surface area contributed by atoms with E-state index in [1.54, 1.807) is 20.3 Å². The number of carbonyl (C=O) groups excluding carboxylic acids is 1. The summed E-state index contributed by atoms with van der Waals surface area (Å²) >= 11 is 20.3. The summed E-state index contributed by atoms with van der Waals surface area (Å²) in [5.41, 5.74) is 4.84. The number of rotatable bonds is 25. The Labute approximate surface area is 517 Å². The lowest BCUT2D eigenvalue weighted by atomic mass is 9.80. The molecule has 0 radical (unpaired) electrons. The normalized spacial score (nSPS) is 12.8. The first kappa shape index (κ1) is 63.6. The predicted octanol–water partition coefficient (Wildman–Crippen LogP) is 17.3. The standard InChI is InChI=1S/C67H73BrCl2N2O10SSi/c1-14-35-76-39-52(40-78-67(46-23-19-16-20-24-46,47-25-29-49(74-10)30-26-47)48-27-31-50(75-11)32-28-48)79-60-58(69)42(2)55(43(3)59(60)70)56-57-62(71-41-72-63(57)83-61(56)68)80-54(64(73)81-65(4,5)6)37-45-36-51(82-84(12,13)66(7,8)9)33-34-53(45)77-38-44-21-17-15-18-22-44/h14-34,36,41,52,54H,1,35,37-40H2,2-13H3/t52-,54-/m1/s1. The SMILES string of the molecule is C=CCOC[C@H](COC(c1ccccc1)(c1ccc(OC)cc1)c1ccc(OC)cc1)Oc1c(Cl)c(C)c(-c2c(Br)sc3ncnc(O[C@H](Cc4cc(O[Si](C)(C)C(C)(C)C)ccc4OCc4ccccc4)C(=O)OC(C)(C)C)c23)c(C)c1Cl. The van der Waals surface area contributed by atoms with Crippen molar-refractivity contribution < 1.29 is 47.1 Å². The van der Waals surface area contributed by atoms with Crippen molar-refractivity contribution in [3.63, 3.8) is 0 Å². The second-order valence-electron chi connectivity index (χ2n) is 22.8. The molecule has 12 nitrogen and oxygen atoms in total. The number of nitrogens with zero attached hydrogens (tertiary/aromatic N) is 2. The zero-order valence-electron chi connectivity index (χ0n) is 49.7. The second kappa shape index (κ2) is 27.3. The van der Waals surface area contributed by atoms with Crippen LogP contribution in [0.25, 0.3) is 21.3 Å². The Morgan fingerprint density at radius 3 is 1.87 bits per heavy atom. The number of thiophene rings is 1. The van der Waals surface area contributed by atoms with Crippen LogP contribution in [-0.4, -0.2) is 76.1 Å². The third-order valence-corrected chi connectivity index (χ3v) is 21.8. The number of ether oxygens (including phenoxy) is 8. The third-order valence-electron chi connectivity index (χ3n) is 14.7. The van der Waals surface area contributed by atoms with Crippen LogP contribution in [0.2, 0.25) is 28.2 Å². The van der Waals surface area contributed by atoms with E-state index >= 15 is 0 Å². The van der Waals surface area contributed by atoms with Crippen LogP contribution in [0.1, 0.15) is 80.5 Å². The molecule has 0 unspecified atom stereocenters. The zero-order valence-corrected chi connectivity index (χ0v) is 54.6. The van der Waals surface area contributed by atoms with Gasteiger partial charge in [0.1, 0.15) is 58.1 Å². The first-order chi connectivity index (χ1) is 40.0.